The summed E-state index contributed by atoms with van der Waals surface area (Å²) in [4.78, 5) is 23.5. The van der Waals surface area contributed by atoms with Gasteiger partial charge in [-0.1, -0.05) is 364 Å². The molecule has 0 aromatic heterocycles. The highest BCUT2D eigenvalue weighted by molar-refractivity contribution is 7.47. The lowest BCUT2D eigenvalue weighted by atomic mass is 10.0. The van der Waals surface area contributed by atoms with E-state index >= 15 is 0 Å². The number of carbonyl (C=O) groups excluding carboxylic acids is 1. The van der Waals surface area contributed by atoms with Gasteiger partial charge in [-0.05, 0) is 109 Å². The first-order chi connectivity index (χ1) is 46.0. The Balaban J connectivity index is 4.15. The van der Waals surface area contributed by atoms with E-state index in [2.05, 4.69) is 165 Å². The number of carbonyl (C=O) groups is 1. The van der Waals surface area contributed by atoms with Gasteiger partial charge in [0.05, 0.1) is 39.9 Å². The molecule has 0 aliphatic carbocycles. The van der Waals surface area contributed by atoms with Crippen molar-refractivity contribution in [1.82, 2.24) is 5.32 Å². The van der Waals surface area contributed by atoms with E-state index in [-0.39, 0.29) is 19.1 Å². The normalized spacial score (nSPS) is 14.4. The number of phosphoric ester groups is 1. The molecule has 0 aromatic carbocycles. The standard InChI is InChI=1S/C85H147N2O6P/c1-6-8-10-12-14-16-18-20-22-24-26-28-30-32-34-36-38-39-40-41-42-43-44-45-46-47-49-51-53-55-57-59-61-63-65-67-69-71-73-75-77-79-85(89)86-83(82-93-94(90,91)92-81-80-87(3,4)5)84(88)78-76-74-72-70-68-66-64-62-60-58-56-54-52-50-48-37-35-33-31-29-27-25-23-21-19-17-15-13-11-9-7-2/h8,10,14,16,20,22,26,28,32,34,38-39,41-42,44-45,47,49,53,55,59,61,65,67,76,78,83-84,88H,6-7,9,11-13,15,17-19,21,23-25,27,29-31,33,35-37,40,43,46,48,50-52,54,56-58,60,62-64,66,68-75,77,79-82H2,1-5H3,(H-,86,89,90,91)/p+1/b10-8-,16-14-,22-20-,28-26-,34-32-,39-38-,42-41-,45-44-,49-47-,55-53-,61-59-,67-65-,78-76+. The molecule has 3 N–H and O–H groups in total. The number of allylic oxidation sites excluding steroid dienone is 25. The van der Waals surface area contributed by atoms with Crippen LogP contribution in [0.2, 0.25) is 0 Å². The monoisotopic (exact) mass is 1320 g/mol. The molecule has 94 heavy (non-hydrogen) atoms. The van der Waals surface area contributed by atoms with Crippen LogP contribution < -0.4 is 5.32 Å². The molecule has 0 aliphatic heterocycles. The van der Waals surface area contributed by atoms with Crippen LogP contribution in [-0.2, 0) is 18.4 Å². The van der Waals surface area contributed by atoms with Crippen molar-refractivity contribution < 1.29 is 32.9 Å². The maximum absolute atomic E-state index is 13.1. The lowest BCUT2D eigenvalue weighted by Gasteiger charge is -2.25. The zero-order valence-electron chi connectivity index (χ0n) is 61.7. The van der Waals surface area contributed by atoms with Gasteiger partial charge in [-0.25, -0.2) is 4.57 Å². The zero-order valence-corrected chi connectivity index (χ0v) is 62.5. The number of hydrogen-bond donors (Lipinski definition) is 3. The predicted molar refractivity (Wildman–Crippen MR) is 414 cm³/mol. The minimum atomic E-state index is -4.38. The molecular weight excluding hydrogens is 1180 g/mol. The van der Waals surface area contributed by atoms with E-state index in [0.29, 0.717) is 17.4 Å². The van der Waals surface area contributed by atoms with Crippen molar-refractivity contribution in [2.75, 3.05) is 40.9 Å². The number of nitrogens with one attached hydrogen (secondary N) is 1. The fraction of sp³-hybridized carbons (Fsp3) is 0.682. The van der Waals surface area contributed by atoms with Crippen LogP contribution in [0.3, 0.4) is 0 Å². The Hall–Kier alpha value is -3.88. The average molecular weight is 1330 g/mol. The third-order valence-corrected chi connectivity index (χ3v) is 17.7. The summed E-state index contributed by atoms with van der Waals surface area (Å²) in [5.74, 6) is -0.204. The van der Waals surface area contributed by atoms with Crippen LogP contribution in [-0.4, -0.2) is 73.4 Å². The fourth-order valence-corrected chi connectivity index (χ4v) is 11.5. The van der Waals surface area contributed by atoms with Gasteiger partial charge in [-0.3, -0.25) is 13.8 Å². The van der Waals surface area contributed by atoms with Crippen molar-refractivity contribution >= 4 is 13.7 Å². The topological polar surface area (TPSA) is 105 Å². The van der Waals surface area contributed by atoms with Gasteiger partial charge in [-0.15, -0.1) is 0 Å². The van der Waals surface area contributed by atoms with Gasteiger partial charge < -0.3 is 19.8 Å². The summed E-state index contributed by atoms with van der Waals surface area (Å²) in [6.07, 6.45) is 114. The Bertz CT molecular complexity index is 2100. The molecule has 0 heterocycles. The Morgan fingerprint density at radius 3 is 0.936 bits per heavy atom. The van der Waals surface area contributed by atoms with Crippen LogP contribution in [0.25, 0.3) is 0 Å². The van der Waals surface area contributed by atoms with Crippen molar-refractivity contribution in [2.45, 2.75) is 334 Å². The number of aliphatic hydroxyl groups is 1. The minimum absolute atomic E-state index is 0.0486. The largest absolute Gasteiger partial charge is 0.472 e. The Labute approximate surface area is 581 Å². The molecule has 1 amide bonds. The number of quaternary nitrogens is 1. The van der Waals surface area contributed by atoms with E-state index in [9.17, 15) is 19.4 Å². The van der Waals surface area contributed by atoms with Crippen molar-refractivity contribution in [1.29, 1.82) is 0 Å². The second-order valence-corrected chi connectivity index (χ2v) is 28.5. The van der Waals surface area contributed by atoms with Crippen LogP contribution in [0.1, 0.15) is 322 Å². The van der Waals surface area contributed by atoms with Crippen molar-refractivity contribution in [3.63, 3.8) is 0 Å². The third-order valence-electron chi connectivity index (χ3n) is 16.8. The molecule has 0 fully saturated rings. The molecule has 0 saturated heterocycles. The number of rotatable bonds is 70. The zero-order chi connectivity index (χ0) is 68.3. The van der Waals surface area contributed by atoms with Crippen LogP contribution >= 0.6 is 7.82 Å². The molecule has 3 atom stereocenters. The number of phosphoric acid groups is 1. The van der Waals surface area contributed by atoms with Crippen molar-refractivity contribution in [3.8, 4) is 0 Å². The van der Waals surface area contributed by atoms with Crippen LogP contribution in [0.15, 0.2) is 158 Å². The summed E-state index contributed by atoms with van der Waals surface area (Å²) >= 11 is 0. The summed E-state index contributed by atoms with van der Waals surface area (Å²) in [5, 5.41) is 14.0. The second kappa shape index (κ2) is 73.4. The van der Waals surface area contributed by atoms with Gasteiger partial charge in [0, 0.05) is 6.42 Å². The van der Waals surface area contributed by atoms with Crippen molar-refractivity contribution in [2.24, 2.45) is 0 Å². The fourth-order valence-electron chi connectivity index (χ4n) is 10.8. The molecule has 538 valence electrons. The van der Waals surface area contributed by atoms with Gasteiger partial charge in [0.2, 0.25) is 5.91 Å². The van der Waals surface area contributed by atoms with Gasteiger partial charge in [0.15, 0.2) is 0 Å². The summed E-state index contributed by atoms with van der Waals surface area (Å²) in [6.45, 7) is 4.70. The quantitative estimate of drug-likeness (QED) is 0.0243. The molecule has 3 unspecified atom stereocenters. The molecule has 0 aromatic rings. The molecule has 0 rings (SSSR count). The highest BCUT2D eigenvalue weighted by Gasteiger charge is 2.28. The second-order valence-electron chi connectivity index (χ2n) is 27.0. The summed E-state index contributed by atoms with van der Waals surface area (Å²) in [5.41, 5.74) is 0. The number of hydrogen-bond acceptors (Lipinski definition) is 5. The minimum Gasteiger partial charge on any atom is -0.387 e. The third kappa shape index (κ3) is 75.5. The van der Waals surface area contributed by atoms with E-state index in [1.807, 2.05) is 27.2 Å². The predicted octanol–water partition coefficient (Wildman–Crippen LogP) is 25.7. The van der Waals surface area contributed by atoms with Gasteiger partial charge in [0.1, 0.15) is 13.2 Å². The molecule has 0 saturated carbocycles. The van der Waals surface area contributed by atoms with Gasteiger partial charge >= 0.3 is 7.82 Å². The van der Waals surface area contributed by atoms with Gasteiger partial charge in [0.25, 0.3) is 0 Å². The number of unbranched alkanes of at least 4 members (excludes halogenated alkanes) is 33. The number of aliphatic hydroxyl groups excluding tert-OH is 1. The SMILES string of the molecule is CC/C=C\C/C=C\C/C=C\C/C=C\C/C=C\C/C=C\C/C=C\C/C=C\C/C=C\C/C=C\C/C=C\C/C=C\CCCCCCC(=O)NC(COP(=O)(O)OCC[N+](C)(C)C)C(O)/C=C/CCCCCCCCCCCCCCCCCCCCCCCCCCCCCCC. The van der Waals surface area contributed by atoms with Crippen LogP contribution in [0.5, 0.6) is 0 Å². The molecule has 8 nitrogen and oxygen atoms in total. The van der Waals surface area contributed by atoms with Crippen LogP contribution in [0, 0.1) is 0 Å². The lowest BCUT2D eigenvalue weighted by molar-refractivity contribution is -0.870. The number of likely N-dealkylation sites (N-methyl/N-ethyl adjacent to an activating group) is 1. The van der Waals surface area contributed by atoms with E-state index in [1.165, 1.54) is 173 Å². The first kappa shape index (κ1) is 90.1. The average Bonchev–Trinajstić information content (AvgIpc) is 1.77. The number of nitrogens with zero attached hydrogens (tertiary/aromatic N) is 1. The highest BCUT2D eigenvalue weighted by Crippen LogP contribution is 2.43. The maximum atomic E-state index is 13.1. The molecule has 0 spiro atoms. The summed E-state index contributed by atoms with van der Waals surface area (Å²) in [7, 11) is 1.54. The van der Waals surface area contributed by atoms with E-state index < -0.39 is 20.0 Å². The van der Waals surface area contributed by atoms with E-state index in [1.54, 1.807) is 6.08 Å². The highest BCUT2D eigenvalue weighted by atomic mass is 31.2. The Morgan fingerprint density at radius 2 is 0.638 bits per heavy atom. The molecule has 0 aliphatic rings. The lowest BCUT2D eigenvalue weighted by Crippen LogP contribution is -2.45. The Morgan fingerprint density at radius 1 is 0.372 bits per heavy atom. The first-order valence-corrected chi connectivity index (χ1v) is 40.4. The Kier molecular flexibility index (Phi) is 70.3. The summed E-state index contributed by atoms with van der Waals surface area (Å²) in [6, 6.07) is -0.875. The van der Waals surface area contributed by atoms with Gasteiger partial charge in [-0.2, -0.15) is 0 Å². The molecule has 0 bridgehead atoms. The van der Waals surface area contributed by atoms with Crippen molar-refractivity contribution in [3.05, 3.63) is 158 Å². The van der Waals surface area contributed by atoms with E-state index in [4.69, 9.17) is 9.05 Å². The first-order valence-electron chi connectivity index (χ1n) is 38.9. The summed E-state index contributed by atoms with van der Waals surface area (Å²) < 4.78 is 23.8. The molecule has 0 radical (unpaired) electrons. The molecular formula is C85H148N2O6P+. The smallest absolute Gasteiger partial charge is 0.387 e. The maximum Gasteiger partial charge on any atom is 0.472 e. The number of amides is 1. The molecule has 9 heteroatoms. The van der Waals surface area contributed by atoms with Crippen LogP contribution in [0.4, 0.5) is 0 Å². The van der Waals surface area contributed by atoms with E-state index in [0.717, 1.165) is 128 Å².